The van der Waals surface area contributed by atoms with Crippen LogP contribution in [0.4, 0.5) is 5.69 Å². The number of para-hydroxylation sites is 1. The number of pyridine rings is 1. The van der Waals surface area contributed by atoms with E-state index >= 15 is 0 Å². The Labute approximate surface area is 258 Å². The maximum absolute atomic E-state index is 13.2. The lowest BCUT2D eigenvalue weighted by molar-refractivity contribution is -0.134. The number of nitrogens with one attached hydrogen (secondary N) is 1. The number of anilines is 1. The lowest BCUT2D eigenvalue weighted by Gasteiger charge is -2.23. The van der Waals surface area contributed by atoms with Gasteiger partial charge in [0.2, 0.25) is 0 Å². The number of carbonyl (C=O) groups is 3. The Morgan fingerprint density at radius 2 is 1.49 bits per heavy atom. The summed E-state index contributed by atoms with van der Waals surface area (Å²) in [6, 6.07) is 19.6. The second kappa shape index (κ2) is 13.9. The van der Waals surface area contributed by atoms with Crippen molar-refractivity contribution in [1.29, 1.82) is 0 Å². The summed E-state index contributed by atoms with van der Waals surface area (Å²) in [6.45, 7) is 2.78. The summed E-state index contributed by atoms with van der Waals surface area (Å²) in [6.07, 6.45) is 2.16. The maximum atomic E-state index is 13.2. The van der Waals surface area contributed by atoms with Crippen molar-refractivity contribution in [3.63, 3.8) is 0 Å². The third-order valence-corrected chi connectivity index (χ3v) is 8.46. The topological polar surface area (TPSA) is 137 Å². The lowest BCUT2D eigenvalue weighted by atomic mass is 10.2. The first-order valence-corrected chi connectivity index (χ1v) is 15.4. The fourth-order valence-electron chi connectivity index (χ4n) is 4.52. The van der Waals surface area contributed by atoms with Crippen LogP contribution in [0.3, 0.4) is 0 Å². The summed E-state index contributed by atoms with van der Waals surface area (Å²) >= 11 is 12.2. The number of sulfonamides is 1. The van der Waals surface area contributed by atoms with Crippen molar-refractivity contribution in [1.82, 2.24) is 14.8 Å². The van der Waals surface area contributed by atoms with Crippen LogP contribution in [0.15, 0.2) is 83.9 Å². The molecule has 1 aliphatic heterocycles. The number of rotatable bonds is 5. The Balaban J connectivity index is 0.000000996. The van der Waals surface area contributed by atoms with E-state index in [0.717, 1.165) is 12.3 Å². The number of carbonyl (C=O) groups excluding carboxylic acids is 2. The van der Waals surface area contributed by atoms with Crippen LogP contribution >= 0.6 is 23.2 Å². The molecule has 1 saturated heterocycles. The van der Waals surface area contributed by atoms with E-state index in [1.807, 2.05) is 0 Å². The Kier molecular flexibility index (Phi) is 10.2. The summed E-state index contributed by atoms with van der Waals surface area (Å²) in [4.78, 5) is 42.9. The molecule has 224 valence electrons. The van der Waals surface area contributed by atoms with E-state index < -0.39 is 16.0 Å². The van der Waals surface area contributed by atoms with Crippen LogP contribution in [0.2, 0.25) is 10.0 Å². The van der Waals surface area contributed by atoms with E-state index in [1.165, 1.54) is 12.1 Å². The second-order valence-electron chi connectivity index (χ2n) is 9.60. The molecule has 43 heavy (non-hydrogen) atoms. The quantitative estimate of drug-likeness (QED) is 0.296. The molecule has 13 heteroatoms. The fraction of sp³-hybridized carbons (Fsp3) is 0.200. The number of hydrogen-bond donors (Lipinski definition) is 2. The summed E-state index contributed by atoms with van der Waals surface area (Å²) < 4.78 is 28.7. The number of carboxylic acids is 1. The monoisotopic (exact) mass is 642 g/mol. The average Bonchev–Trinajstić information content (AvgIpc) is 3.23. The number of hydrogen-bond acceptors (Lipinski definition) is 6. The summed E-state index contributed by atoms with van der Waals surface area (Å²) in [5.41, 5.74) is 1.50. The number of benzene rings is 3. The first kappa shape index (κ1) is 31.7. The molecule has 3 aromatic carbocycles. The molecule has 10 nitrogen and oxygen atoms in total. The Hall–Kier alpha value is -4.19. The van der Waals surface area contributed by atoms with Gasteiger partial charge in [-0.15, -0.1) is 0 Å². The van der Waals surface area contributed by atoms with Crippen LogP contribution < -0.4 is 4.72 Å². The first-order chi connectivity index (χ1) is 20.5. The molecule has 0 aliphatic carbocycles. The van der Waals surface area contributed by atoms with Crippen LogP contribution in [0.1, 0.15) is 34.1 Å². The van der Waals surface area contributed by atoms with Crippen molar-refractivity contribution < 1.29 is 27.9 Å². The highest BCUT2D eigenvalue weighted by Gasteiger charge is 2.25. The zero-order valence-electron chi connectivity index (χ0n) is 23.0. The predicted octanol–water partition coefficient (Wildman–Crippen LogP) is 5.42. The van der Waals surface area contributed by atoms with E-state index in [0.29, 0.717) is 60.0 Å². The van der Waals surface area contributed by atoms with Gasteiger partial charge in [0.05, 0.1) is 16.1 Å². The maximum Gasteiger partial charge on any atom is 0.300 e. The van der Waals surface area contributed by atoms with Crippen molar-refractivity contribution in [2.45, 2.75) is 18.2 Å². The molecule has 2 amide bonds. The highest BCUT2D eigenvalue weighted by atomic mass is 35.5. The minimum atomic E-state index is -3.90. The minimum Gasteiger partial charge on any atom is -0.481 e. The highest BCUT2D eigenvalue weighted by molar-refractivity contribution is 7.93. The standard InChI is InChI=1S/C28H24Cl2N4O4S.C2H4O2/c29-21-9-12-23(24(30)18-21)28(36)34-15-3-14-33(16-17-34)27(35)20-7-10-22(11-8-20)32-39(37,38)25-6-1-4-19-5-2-13-31-26(19)25;1-2(3)4/h1-2,4-13,18,32H,3,14-17H2;1H3,(H,3,4). The number of aromatic nitrogens is 1. The molecule has 0 radical (unpaired) electrons. The molecule has 0 atom stereocenters. The molecule has 1 fully saturated rings. The Morgan fingerprint density at radius 3 is 2.14 bits per heavy atom. The molecule has 0 bridgehead atoms. The number of fused-ring (bicyclic) bond motifs is 1. The van der Waals surface area contributed by atoms with E-state index in [2.05, 4.69) is 9.71 Å². The van der Waals surface area contributed by atoms with Gasteiger partial charge < -0.3 is 14.9 Å². The number of aliphatic carboxylic acids is 1. The summed E-state index contributed by atoms with van der Waals surface area (Å²) in [5, 5.41) is 8.88. The molecule has 1 aliphatic rings. The van der Waals surface area contributed by atoms with Crippen LogP contribution in [0, 0.1) is 0 Å². The number of carboxylic acid groups (broad SMARTS) is 1. The van der Waals surface area contributed by atoms with Crippen LogP contribution in [-0.2, 0) is 14.8 Å². The predicted molar refractivity (Wildman–Crippen MR) is 165 cm³/mol. The van der Waals surface area contributed by atoms with Gasteiger partial charge in [-0.25, -0.2) is 8.42 Å². The average molecular weight is 644 g/mol. The van der Waals surface area contributed by atoms with Gasteiger partial charge in [0.1, 0.15) is 4.90 Å². The van der Waals surface area contributed by atoms with E-state index in [4.69, 9.17) is 33.1 Å². The van der Waals surface area contributed by atoms with Gasteiger partial charge in [-0.3, -0.25) is 24.1 Å². The third-order valence-electron chi connectivity index (χ3n) is 6.50. The summed E-state index contributed by atoms with van der Waals surface area (Å²) in [7, 11) is -3.90. The van der Waals surface area contributed by atoms with Crippen molar-refractivity contribution in [3.8, 4) is 0 Å². The first-order valence-electron chi connectivity index (χ1n) is 13.2. The van der Waals surface area contributed by atoms with Gasteiger partial charge in [-0.2, -0.15) is 0 Å². The largest absolute Gasteiger partial charge is 0.481 e. The number of amides is 2. The van der Waals surface area contributed by atoms with Gasteiger partial charge in [0, 0.05) is 61.0 Å². The van der Waals surface area contributed by atoms with Crippen molar-refractivity contribution in [2.75, 3.05) is 30.9 Å². The smallest absolute Gasteiger partial charge is 0.300 e. The lowest BCUT2D eigenvalue weighted by Crippen LogP contribution is -2.37. The zero-order valence-corrected chi connectivity index (χ0v) is 25.4. The van der Waals surface area contributed by atoms with Crippen molar-refractivity contribution in [2.24, 2.45) is 0 Å². The molecule has 0 unspecified atom stereocenters. The Bertz CT molecular complexity index is 1760. The molecule has 2 heterocycles. The summed E-state index contributed by atoms with van der Waals surface area (Å²) in [5.74, 6) is -1.23. The van der Waals surface area contributed by atoms with E-state index in [-0.39, 0.29) is 21.7 Å². The SMILES string of the molecule is CC(=O)O.O=C(c1ccc(NS(=O)(=O)c2cccc3cccnc23)cc1)N1CCCN(C(=O)c2ccc(Cl)cc2Cl)CC1. The van der Waals surface area contributed by atoms with Crippen LogP contribution in [0.25, 0.3) is 10.9 Å². The second-order valence-corrected chi connectivity index (χ2v) is 12.1. The van der Waals surface area contributed by atoms with Gasteiger partial charge >= 0.3 is 0 Å². The Morgan fingerprint density at radius 1 is 0.860 bits per heavy atom. The van der Waals surface area contributed by atoms with E-state index in [9.17, 15) is 18.0 Å². The molecular weight excluding hydrogens is 615 g/mol. The fourth-order valence-corrected chi connectivity index (χ4v) is 6.25. The number of nitrogens with zero attached hydrogens (tertiary/aromatic N) is 3. The molecular formula is C30H28Cl2N4O6S. The van der Waals surface area contributed by atoms with Gasteiger partial charge in [0.25, 0.3) is 27.8 Å². The van der Waals surface area contributed by atoms with Crippen molar-refractivity contribution in [3.05, 3.63) is 100 Å². The zero-order chi connectivity index (χ0) is 31.1. The van der Waals surface area contributed by atoms with Gasteiger partial charge in [-0.1, -0.05) is 41.4 Å². The highest BCUT2D eigenvalue weighted by Crippen LogP contribution is 2.25. The molecule has 0 saturated carbocycles. The number of halogens is 2. The molecule has 1 aromatic heterocycles. The molecule has 0 spiro atoms. The van der Waals surface area contributed by atoms with E-state index in [1.54, 1.807) is 76.7 Å². The molecule has 2 N–H and O–H groups in total. The minimum absolute atomic E-state index is 0.0734. The molecule has 4 aromatic rings. The third kappa shape index (κ3) is 8.01. The normalized spacial score (nSPS) is 13.5. The van der Waals surface area contributed by atoms with Crippen molar-refractivity contribution >= 4 is 67.6 Å². The van der Waals surface area contributed by atoms with Gasteiger partial charge in [0.15, 0.2) is 0 Å². The van der Waals surface area contributed by atoms with Crippen LogP contribution in [0.5, 0.6) is 0 Å². The molecule has 5 rings (SSSR count). The van der Waals surface area contributed by atoms with Gasteiger partial charge in [-0.05, 0) is 61.0 Å². The van der Waals surface area contributed by atoms with Crippen LogP contribution in [-0.4, -0.2) is 72.3 Å².